The highest BCUT2D eigenvalue weighted by atomic mass is 32.1. The van der Waals surface area contributed by atoms with Crippen LogP contribution in [0.5, 0.6) is 0 Å². The average Bonchev–Trinajstić information content (AvgIpc) is 2.88. The number of hydrogen-bond donors (Lipinski definition) is 1. The second-order valence-electron chi connectivity index (χ2n) is 5.56. The van der Waals surface area contributed by atoms with Crippen molar-refractivity contribution in [2.45, 2.75) is 13.8 Å². The van der Waals surface area contributed by atoms with Crippen LogP contribution in [-0.4, -0.2) is 5.91 Å². The summed E-state index contributed by atoms with van der Waals surface area (Å²) in [5.41, 5.74) is 2.02. The van der Waals surface area contributed by atoms with E-state index in [0.29, 0.717) is 0 Å². The average molecular weight is 305 g/mol. The van der Waals surface area contributed by atoms with Gasteiger partial charge in [-0.1, -0.05) is 36.4 Å². The molecule has 0 aliphatic carbocycles. The first-order valence-electron chi connectivity index (χ1n) is 7.26. The number of benzene rings is 3. The Kier molecular flexibility index (Phi) is 2.91. The molecule has 1 amide bonds. The number of hydrogen-bond acceptors (Lipinski definition) is 2. The minimum absolute atomic E-state index is 0.0361. The summed E-state index contributed by atoms with van der Waals surface area (Å²) in [6, 6.07) is 16.9. The summed E-state index contributed by atoms with van der Waals surface area (Å²) in [4.78, 5) is 11.4. The summed E-state index contributed by atoms with van der Waals surface area (Å²) in [6.07, 6.45) is 0. The van der Waals surface area contributed by atoms with E-state index >= 15 is 0 Å². The van der Waals surface area contributed by atoms with Gasteiger partial charge in [0.2, 0.25) is 5.91 Å². The summed E-state index contributed by atoms with van der Waals surface area (Å²) >= 11 is 1.82. The number of anilines is 1. The van der Waals surface area contributed by atoms with E-state index in [-0.39, 0.29) is 5.91 Å². The highest BCUT2D eigenvalue weighted by Gasteiger charge is 2.12. The summed E-state index contributed by atoms with van der Waals surface area (Å²) in [5, 5.41) is 7.97. The molecule has 4 rings (SSSR count). The number of rotatable bonds is 1. The van der Waals surface area contributed by atoms with Gasteiger partial charge in [-0.05, 0) is 30.0 Å². The molecule has 0 fully saturated rings. The molecule has 0 unspecified atom stereocenters. The van der Waals surface area contributed by atoms with E-state index in [1.807, 2.05) is 17.4 Å². The van der Waals surface area contributed by atoms with Crippen LogP contribution in [0.25, 0.3) is 30.9 Å². The van der Waals surface area contributed by atoms with Crippen LogP contribution in [-0.2, 0) is 4.79 Å². The van der Waals surface area contributed by atoms with Crippen molar-refractivity contribution in [2.75, 3.05) is 5.32 Å². The number of carbonyl (C=O) groups excluding carboxylic acids is 1. The van der Waals surface area contributed by atoms with E-state index in [1.54, 1.807) is 6.92 Å². The first kappa shape index (κ1) is 13.3. The maximum atomic E-state index is 11.4. The van der Waals surface area contributed by atoms with Gasteiger partial charge in [0.25, 0.3) is 0 Å². The predicted octanol–water partition coefficient (Wildman–Crippen LogP) is 5.47. The Morgan fingerprint density at radius 3 is 2.59 bits per heavy atom. The molecule has 22 heavy (non-hydrogen) atoms. The van der Waals surface area contributed by atoms with E-state index in [1.165, 1.54) is 30.9 Å². The third-order valence-electron chi connectivity index (χ3n) is 4.10. The predicted molar refractivity (Wildman–Crippen MR) is 95.9 cm³/mol. The summed E-state index contributed by atoms with van der Waals surface area (Å²) < 4.78 is 2.60. The lowest BCUT2D eigenvalue weighted by Gasteiger charge is -2.10. The fourth-order valence-electron chi connectivity index (χ4n) is 3.09. The Balaban J connectivity index is 2.15. The number of nitrogens with one attached hydrogen (secondary N) is 1. The minimum atomic E-state index is -0.0361. The van der Waals surface area contributed by atoms with Gasteiger partial charge in [-0.25, -0.2) is 0 Å². The monoisotopic (exact) mass is 305 g/mol. The molecule has 108 valence electrons. The molecular formula is C19H15NOS. The van der Waals surface area contributed by atoms with Gasteiger partial charge in [-0.15, -0.1) is 11.3 Å². The molecule has 1 heterocycles. The molecule has 1 aromatic heterocycles. The zero-order valence-corrected chi connectivity index (χ0v) is 13.3. The van der Waals surface area contributed by atoms with Gasteiger partial charge in [0.15, 0.2) is 0 Å². The van der Waals surface area contributed by atoms with Crippen LogP contribution in [0.1, 0.15) is 12.5 Å². The summed E-state index contributed by atoms with van der Waals surface area (Å²) in [7, 11) is 0. The minimum Gasteiger partial charge on any atom is -0.326 e. The Morgan fingerprint density at radius 1 is 1.00 bits per heavy atom. The van der Waals surface area contributed by atoms with Crippen molar-refractivity contribution in [2.24, 2.45) is 0 Å². The van der Waals surface area contributed by atoms with Crippen molar-refractivity contribution in [3.05, 3.63) is 54.1 Å². The van der Waals surface area contributed by atoms with E-state index in [2.05, 4.69) is 54.7 Å². The van der Waals surface area contributed by atoms with E-state index < -0.39 is 0 Å². The SMILES string of the molecule is CC(=O)Nc1ccc2ccc3c4ccccc4sc3c2c1C. The van der Waals surface area contributed by atoms with Crippen molar-refractivity contribution in [1.82, 2.24) is 0 Å². The Bertz CT molecular complexity index is 1050. The quantitative estimate of drug-likeness (QED) is 0.496. The molecule has 0 aliphatic heterocycles. The normalized spacial score (nSPS) is 11.4. The van der Waals surface area contributed by atoms with Gasteiger partial charge in [-0.2, -0.15) is 0 Å². The van der Waals surface area contributed by atoms with Gasteiger partial charge in [0.05, 0.1) is 0 Å². The zero-order valence-electron chi connectivity index (χ0n) is 12.4. The highest BCUT2D eigenvalue weighted by Crippen LogP contribution is 2.40. The smallest absolute Gasteiger partial charge is 0.221 e. The fraction of sp³-hybridized carbons (Fsp3) is 0.105. The number of thiophene rings is 1. The molecule has 2 nitrogen and oxygen atoms in total. The Labute approximate surface area is 132 Å². The van der Waals surface area contributed by atoms with Crippen molar-refractivity contribution in [1.29, 1.82) is 0 Å². The van der Waals surface area contributed by atoms with Crippen molar-refractivity contribution < 1.29 is 4.79 Å². The van der Waals surface area contributed by atoms with Crippen LogP contribution < -0.4 is 5.32 Å². The van der Waals surface area contributed by atoms with Gasteiger partial charge in [-0.3, -0.25) is 4.79 Å². The van der Waals surface area contributed by atoms with Crippen molar-refractivity contribution in [3.8, 4) is 0 Å². The van der Waals surface area contributed by atoms with Crippen LogP contribution in [0.15, 0.2) is 48.5 Å². The van der Waals surface area contributed by atoms with Gasteiger partial charge in [0, 0.05) is 38.2 Å². The Hall–Kier alpha value is -2.39. The topological polar surface area (TPSA) is 29.1 Å². The van der Waals surface area contributed by atoms with Gasteiger partial charge in [0.1, 0.15) is 0 Å². The maximum Gasteiger partial charge on any atom is 0.221 e. The molecule has 1 N–H and O–H groups in total. The van der Waals surface area contributed by atoms with Gasteiger partial charge >= 0.3 is 0 Å². The van der Waals surface area contributed by atoms with Crippen LogP contribution in [0.3, 0.4) is 0 Å². The highest BCUT2D eigenvalue weighted by molar-refractivity contribution is 7.26. The van der Waals surface area contributed by atoms with E-state index in [0.717, 1.165) is 11.3 Å². The third kappa shape index (κ3) is 1.90. The molecule has 0 aliphatic rings. The third-order valence-corrected chi connectivity index (χ3v) is 5.30. The second kappa shape index (κ2) is 4.82. The molecule has 0 radical (unpaired) electrons. The molecule has 4 aromatic rings. The summed E-state index contributed by atoms with van der Waals surface area (Å²) in [5.74, 6) is -0.0361. The first-order valence-corrected chi connectivity index (χ1v) is 8.08. The van der Waals surface area contributed by atoms with Crippen LogP contribution >= 0.6 is 11.3 Å². The fourth-order valence-corrected chi connectivity index (χ4v) is 4.40. The number of fused-ring (bicyclic) bond motifs is 5. The lowest BCUT2D eigenvalue weighted by Crippen LogP contribution is -2.07. The molecule has 0 saturated carbocycles. The molecule has 3 heteroatoms. The van der Waals surface area contributed by atoms with E-state index in [9.17, 15) is 4.79 Å². The van der Waals surface area contributed by atoms with Crippen molar-refractivity contribution >= 4 is 53.9 Å². The standard InChI is InChI=1S/C19H15NOS/c1-11-16(20-12(2)21)10-8-13-7-9-15-14-5-3-4-6-17(14)22-19(15)18(11)13/h3-10H,1-2H3,(H,20,21). The Morgan fingerprint density at radius 2 is 1.77 bits per heavy atom. The zero-order chi connectivity index (χ0) is 15.3. The molecular weight excluding hydrogens is 290 g/mol. The first-order chi connectivity index (χ1) is 10.6. The summed E-state index contributed by atoms with van der Waals surface area (Å²) in [6.45, 7) is 3.63. The number of aryl methyl sites for hydroxylation is 1. The molecule has 0 bridgehead atoms. The van der Waals surface area contributed by atoms with Crippen LogP contribution in [0.4, 0.5) is 5.69 Å². The van der Waals surface area contributed by atoms with E-state index in [4.69, 9.17) is 0 Å². The lowest BCUT2D eigenvalue weighted by molar-refractivity contribution is -0.114. The van der Waals surface area contributed by atoms with Crippen molar-refractivity contribution in [3.63, 3.8) is 0 Å². The number of amides is 1. The lowest BCUT2D eigenvalue weighted by atomic mass is 10.0. The van der Waals surface area contributed by atoms with Crippen LogP contribution in [0, 0.1) is 6.92 Å². The molecule has 0 saturated heterocycles. The molecule has 0 atom stereocenters. The van der Waals surface area contributed by atoms with Crippen LogP contribution in [0.2, 0.25) is 0 Å². The largest absolute Gasteiger partial charge is 0.326 e. The molecule has 0 spiro atoms. The van der Waals surface area contributed by atoms with Gasteiger partial charge < -0.3 is 5.32 Å². The molecule has 3 aromatic carbocycles. The second-order valence-corrected chi connectivity index (χ2v) is 6.61. The number of carbonyl (C=O) groups is 1. The maximum absolute atomic E-state index is 11.4.